The smallest absolute Gasteiger partial charge is 0.320 e. The van der Waals surface area contributed by atoms with Crippen LogP contribution in [0.4, 0.5) is 23.3 Å². The molecule has 2 heterocycles. The number of esters is 1. The lowest BCUT2D eigenvalue weighted by Crippen LogP contribution is -2.59. The summed E-state index contributed by atoms with van der Waals surface area (Å²) in [6.07, 6.45) is 4.07. The number of rotatable bonds is 9. The molecule has 0 aromatic carbocycles. The van der Waals surface area contributed by atoms with E-state index in [-0.39, 0.29) is 29.9 Å². The van der Waals surface area contributed by atoms with Crippen molar-refractivity contribution in [1.29, 1.82) is 0 Å². The number of nitrogens with one attached hydrogen (secondary N) is 4. The second-order valence-corrected chi connectivity index (χ2v) is 11.3. The predicted octanol–water partition coefficient (Wildman–Crippen LogP) is 2.89. The normalized spacial score (nSPS) is 22.4. The molecule has 2 aromatic rings. The highest BCUT2D eigenvalue weighted by Crippen LogP contribution is 2.56. The third-order valence-electron chi connectivity index (χ3n) is 6.76. The minimum Gasteiger partial charge on any atom is -0.459 e. The van der Waals surface area contributed by atoms with Gasteiger partial charge in [-0.3, -0.25) is 9.59 Å². The summed E-state index contributed by atoms with van der Waals surface area (Å²) < 4.78 is 5.37. The summed E-state index contributed by atoms with van der Waals surface area (Å²) in [5.41, 5.74) is 0.269. The lowest BCUT2D eigenvalue weighted by molar-refractivity contribution is -0.154. The molecule has 1 amide bonds. The van der Waals surface area contributed by atoms with Crippen molar-refractivity contribution in [2.24, 2.45) is 5.41 Å². The number of ether oxygens (including phenoxy) is 1. The summed E-state index contributed by atoms with van der Waals surface area (Å²) in [6, 6.07) is 7.62. The second kappa shape index (κ2) is 10.5. The molecule has 0 bridgehead atoms. The molecule has 4 N–H and O–H groups in total. The van der Waals surface area contributed by atoms with Crippen LogP contribution in [0.1, 0.15) is 56.8 Å². The number of aromatic nitrogens is 3. The molecule has 0 saturated heterocycles. The topological polar surface area (TPSA) is 133 Å². The highest BCUT2D eigenvalue weighted by Gasteiger charge is 2.53. The van der Waals surface area contributed by atoms with Gasteiger partial charge in [0.05, 0.1) is 12.1 Å². The van der Waals surface area contributed by atoms with Crippen LogP contribution in [-0.4, -0.2) is 72.4 Å². The maximum atomic E-state index is 13.1. The van der Waals surface area contributed by atoms with E-state index in [1.165, 1.54) is 0 Å². The minimum atomic E-state index is -0.467. The molecule has 37 heavy (non-hydrogen) atoms. The Hall–Kier alpha value is -3.47. The lowest BCUT2D eigenvalue weighted by Gasteiger charge is -2.58. The Balaban J connectivity index is 1.30. The van der Waals surface area contributed by atoms with E-state index in [4.69, 9.17) is 4.74 Å². The highest BCUT2D eigenvalue weighted by molar-refractivity contribution is 6.07. The zero-order valence-corrected chi connectivity index (χ0v) is 22.5. The van der Waals surface area contributed by atoms with E-state index in [9.17, 15) is 9.59 Å². The highest BCUT2D eigenvalue weighted by atomic mass is 16.6. The average Bonchev–Trinajstić information content (AvgIpc) is 2.78. The van der Waals surface area contributed by atoms with Crippen LogP contribution >= 0.6 is 0 Å². The molecule has 2 aliphatic rings. The van der Waals surface area contributed by atoms with E-state index in [0.717, 1.165) is 25.7 Å². The molecular weight excluding hydrogens is 472 g/mol. The summed E-state index contributed by atoms with van der Waals surface area (Å²) in [5, 5.41) is 20.9. The van der Waals surface area contributed by atoms with Gasteiger partial charge in [0.2, 0.25) is 0 Å². The van der Waals surface area contributed by atoms with E-state index in [1.54, 1.807) is 31.3 Å². The van der Waals surface area contributed by atoms with Gasteiger partial charge < -0.3 is 30.9 Å². The molecule has 0 atom stereocenters. The molecule has 2 saturated carbocycles. The summed E-state index contributed by atoms with van der Waals surface area (Å²) in [6.45, 7) is 5.85. The molecule has 11 heteroatoms. The molecule has 4 rings (SSSR count). The van der Waals surface area contributed by atoms with Crippen LogP contribution < -0.4 is 26.2 Å². The fraction of sp³-hybridized carbons (Fsp3) is 0.577. The second-order valence-electron chi connectivity index (χ2n) is 11.3. The number of carbonyl (C=O) groups is 2. The summed E-state index contributed by atoms with van der Waals surface area (Å²) in [7, 11) is 5.55. The maximum Gasteiger partial charge on any atom is 0.320 e. The molecule has 11 nitrogen and oxygen atoms in total. The van der Waals surface area contributed by atoms with E-state index in [0.29, 0.717) is 34.9 Å². The van der Waals surface area contributed by atoms with Gasteiger partial charge >= 0.3 is 5.97 Å². The van der Waals surface area contributed by atoms with Gasteiger partial charge in [-0.15, -0.1) is 10.2 Å². The molecule has 1 spiro atoms. The Bertz CT molecular complexity index is 1120. The fourth-order valence-electron chi connectivity index (χ4n) is 5.06. The van der Waals surface area contributed by atoms with Crippen LogP contribution in [-0.2, 0) is 9.53 Å². The predicted molar refractivity (Wildman–Crippen MR) is 144 cm³/mol. The number of carbonyl (C=O) groups excluding carboxylic acids is 2. The van der Waals surface area contributed by atoms with Crippen molar-refractivity contribution in [2.75, 3.05) is 48.5 Å². The zero-order chi connectivity index (χ0) is 26.8. The van der Waals surface area contributed by atoms with Crippen LogP contribution in [0.5, 0.6) is 0 Å². The van der Waals surface area contributed by atoms with Crippen molar-refractivity contribution in [3.63, 3.8) is 0 Å². The first-order valence-electron chi connectivity index (χ1n) is 12.7. The number of pyridine rings is 1. The lowest BCUT2D eigenvalue weighted by atomic mass is 9.52. The molecule has 200 valence electrons. The number of hydrogen-bond acceptors (Lipinski definition) is 10. The van der Waals surface area contributed by atoms with Gasteiger partial charge in [0.15, 0.2) is 11.6 Å². The van der Waals surface area contributed by atoms with Gasteiger partial charge in [-0.2, -0.15) is 0 Å². The number of nitrogens with zero attached hydrogens (tertiary/aromatic N) is 4. The quantitative estimate of drug-likeness (QED) is 0.373. The SMILES string of the molecule is CNc1ccc(C(=O)Nc2ccc(N(C)C)nn2)c(NC2CC3(CC(NCC(=O)OC(C)(C)C)C3)C2)n1. The van der Waals surface area contributed by atoms with Gasteiger partial charge in [-0.25, -0.2) is 4.98 Å². The fourth-order valence-corrected chi connectivity index (χ4v) is 5.06. The van der Waals surface area contributed by atoms with Crippen molar-refractivity contribution < 1.29 is 14.3 Å². The van der Waals surface area contributed by atoms with Crippen molar-refractivity contribution >= 4 is 35.1 Å². The Morgan fingerprint density at radius 1 is 1.03 bits per heavy atom. The van der Waals surface area contributed by atoms with E-state index in [1.807, 2.05) is 39.8 Å². The van der Waals surface area contributed by atoms with Crippen LogP contribution in [0, 0.1) is 5.41 Å². The average molecular weight is 511 g/mol. The van der Waals surface area contributed by atoms with Crippen molar-refractivity contribution in [3.8, 4) is 0 Å². The van der Waals surface area contributed by atoms with Gasteiger partial charge in [0, 0.05) is 33.2 Å². The monoisotopic (exact) mass is 510 g/mol. The number of hydrogen-bond donors (Lipinski definition) is 4. The number of amides is 1. The first kappa shape index (κ1) is 26.6. The van der Waals surface area contributed by atoms with Crippen LogP contribution in [0.25, 0.3) is 0 Å². The summed E-state index contributed by atoms with van der Waals surface area (Å²) in [4.78, 5) is 31.5. The van der Waals surface area contributed by atoms with Crippen molar-refractivity contribution in [2.45, 2.75) is 64.1 Å². The summed E-state index contributed by atoms with van der Waals surface area (Å²) in [5.74, 6) is 1.79. The minimum absolute atomic E-state index is 0.220. The van der Waals surface area contributed by atoms with Crippen molar-refractivity contribution in [1.82, 2.24) is 20.5 Å². The third kappa shape index (κ3) is 6.65. The summed E-state index contributed by atoms with van der Waals surface area (Å²) >= 11 is 0. The number of anilines is 4. The van der Waals surface area contributed by atoms with Gasteiger partial charge in [-0.1, -0.05) is 0 Å². The maximum absolute atomic E-state index is 13.1. The van der Waals surface area contributed by atoms with E-state index >= 15 is 0 Å². The molecule has 2 aliphatic carbocycles. The zero-order valence-electron chi connectivity index (χ0n) is 22.5. The van der Waals surface area contributed by atoms with Gasteiger partial charge in [-0.05, 0) is 76.1 Å². The molecule has 2 fully saturated rings. The van der Waals surface area contributed by atoms with Gasteiger partial charge in [0.1, 0.15) is 17.2 Å². The molecule has 0 aliphatic heterocycles. The Morgan fingerprint density at radius 3 is 2.30 bits per heavy atom. The third-order valence-corrected chi connectivity index (χ3v) is 6.76. The van der Waals surface area contributed by atoms with Crippen LogP contribution in [0.15, 0.2) is 24.3 Å². The van der Waals surface area contributed by atoms with E-state index < -0.39 is 5.60 Å². The first-order valence-corrected chi connectivity index (χ1v) is 12.7. The molecule has 2 aromatic heterocycles. The standard InChI is InChI=1S/C26H38N8O3/c1-25(2,3)37-22(35)15-28-16-11-26(12-16)13-17(14-26)29-23-18(7-8-19(27-4)30-23)24(36)31-20-9-10-21(33-32-20)34(5)6/h7-10,16-17,28H,11-15H2,1-6H3,(H2,27,29,30)(H,31,32,36). The van der Waals surface area contributed by atoms with Gasteiger partial charge in [0.25, 0.3) is 5.91 Å². The van der Waals surface area contributed by atoms with Crippen LogP contribution in [0.3, 0.4) is 0 Å². The molecule has 0 unspecified atom stereocenters. The first-order chi connectivity index (χ1) is 17.4. The molecule has 0 radical (unpaired) electrons. The van der Waals surface area contributed by atoms with Crippen LogP contribution in [0.2, 0.25) is 0 Å². The Kier molecular flexibility index (Phi) is 7.54. The molecular formula is C26H38N8O3. The van der Waals surface area contributed by atoms with Crippen molar-refractivity contribution in [3.05, 3.63) is 29.8 Å². The Labute approximate surface area is 218 Å². The largest absolute Gasteiger partial charge is 0.459 e. The Morgan fingerprint density at radius 2 is 1.70 bits per heavy atom. The van der Waals surface area contributed by atoms with E-state index in [2.05, 4.69) is 36.4 Å².